The molecule has 3 aromatic rings. The Hall–Kier alpha value is -2.37. The lowest BCUT2D eigenvalue weighted by Crippen LogP contribution is -2.36. The highest BCUT2D eigenvalue weighted by molar-refractivity contribution is 7.80. The van der Waals surface area contributed by atoms with Crippen LogP contribution in [0.25, 0.3) is 5.69 Å². The van der Waals surface area contributed by atoms with Crippen LogP contribution in [0, 0.1) is 6.92 Å². The van der Waals surface area contributed by atoms with Crippen molar-refractivity contribution in [1.82, 2.24) is 19.8 Å². The van der Waals surface area contributed by atoms with E-state index in [0.717, 1.165) is 27.1 Å². The van der Waals surface area contributed by atoms with Crippen molar-refractivity contribution in [3.63, 3.8) is 0 Å². The molecule has 1 aromatic carbocycles. The van der Waals surface area contributed by atoms with Crippen LogP contribution in [-0.4, -0.2) is 25.6 Å². The smallest absolute Gasteiger partial charge is 0.170 e. The fourth-order valence-corrected chi connectivity index (χ4v) is 4.46. The third-order valence-electron chi connectivity index (χ3n) is 5.19. The van der Waals surface area contributed by atoms with E-state index in [4.69, 9.17) is 23.8 Å². The molecule has 6 heteroatoms. The standard InChI is InChI=1S/C22H23ClN4S/c1-14(2)27-21(20(25-22(27)28)18-7-4-5-11-24-18)19-8-6-12-26(19)16-9-10-17(23)15(3)13-16/h4-14,20-21H,1-3H3,(H,25,28)/t20-,21+/m0/s1. The molecular formula is C22H23ClN4S. The van der Waals surface area contributed by atoms with Crippen molar-refractivity contribution in [2.24, 2.45) is 0 Å². The van der Waals surface area contributed by atoms with E-state index in [1.54, 1.807) is 0 Å². The Kier molecular flexibility index (Phi) is 5.13. The van der Waals surface area contributed by atoms with Gasteiger partial charge in [-0.05, 0) is 81.0 Å². The summed E-state index contributed by atoms with van der Waals surface area (Å²) in [5, 5.41) is 5.03. The molecule has 1 fully saturated rings. The molecule has 1 aliphatic heterocycles. The van der Waals surface area contributed by atoms with Crippen molar-refractivity contribution in [1.29, 1.82) is 0 Å². The van der Waals surface area contributed by atoms with Gasteiger partial charge in [0.05, 0.1) is 17.8 Å². The topological polar surface area (TPSA) is 33.1 Å². The maximum absolute atomic E-state index is 6.24. The molecular weight excluding hydrogens is 388 g/mol. The number of pyridine rings is 1. The van der Waals surface area contributed by atoms with Gasteiger partial charge in [-0.15, -0.1) is 0 Å². The van der Waals surface area contributed by atoms with Crippen molar-refractivity contribution < 1.29 is 0 Å². The number of halogens is 1. The molecule has 0 bridgehead atoms. The zero-order valence-electron chi connectivity index (χ0n) is 16.1. The lowest BCUT2D eigenvalue weighted by molar-refractivity contribution is 0.262. The summed E-state index contributed by atoms with van der Waals surface area (Å²) in [6.07, 6.45) is 3.92. The minimum absolute atomic E-state index is 0.0156. The molecule has 4 nitrogen and oxygen atoms in total. The number of nitrogens with one attached hydrogen (secondary N) is 1. The van der Waals surface area contributed by atoms with Crippen LogP contribution >= 0.6 is 23.8 Å². The first kappa shape index (κ1) is 19.0. The quantitative estimate of drug-likeness (QED) is 0.598. The van der Waals surface area contributed by atoms with Crippen LogP contribution in [0.5, 0.6) is 0 Å². The minimum Gasteiger partial charge on any atom is -0.352 e. The Bertz CT molecular complexity index is 999. The fourth-order valence-electron chi connectivity index (χ4n) is 3.89. The number of rotatable bonds is 4. The van der Waals surface area contributed by atoms with Gasteiger partial charge in [0.2, 0.25) is 0 Å². The maximum atomic E-state index is 6.24. The summed E-state index contributed by atoms with van der Waals surface area (Å²) in [6.45, 7) is 6.36. The van der Waals surface area contributed by atoms with Crippen LogP contribution in [0.4, 0.5) is 0 Å². The van der Waals surface area contributed by atoms with Crippen LogP contribution in [0.2, 0.25) is 5.02 Å². The molecule has 0 saturated carbocycles. The van der Waals surface area contributed by atoms with Gasteiger partial charge in [0.25, 0.3) is 0 Å². The van der Waals surface area contributed by atoms with Crippen molar-refractivity contribution in [3.8, 4) is 5.69 Å². The van der Waals surface area contributed by atoms with E-state index < -0.39 is 0 Å². The summed E-state index contributed by atoms with van der Waals surface area (Å²) in [5.41, 5.74) is 4.29. The van der Waals surface area contributed by atoms with Gasteiger partial charge >= 0.3 is 0 Å². The lowest BCUT2D eigenvalue weighted by atomic mass is 10.0. The molecule has 1 N–H and O–H groups in total. The highest BCUT2D eigenvalue weighted by atomic mass is 35.5. The third-order valence-corrected chi connectivity index (χ3v) is 5.95. The second-order valence-electron chi connectivity index (χ2n) is 7.36. The van der Waals surface area contributed by atoms with Gasteiger partial charge < -0.3 is 14.8 Å². The average molecular weight is 411 g/mol. The van der Waals surface area contributed by atoms with E-state index in [0.29, 0.717) is 0 Å². The van der Waals surface area contributed by atoms with Gasteiger partial charge in [0.1, 0.15) is 0 Å². The first-order chi connectivity index (χ1) is 13.5. The van der Waals surface area contributed by atoms with E-state index in [1.165, 1.54) is 5.69 Å². The van der Waals surface area contributed by atoms with Gasteiger partial charge in [0, 0.05) is 34.8 Å². The van der Waals surface area contributed by atoms with E-state index in [1.807, 2.05) is 31.3 Å². The van der Waals surface area contributed by atoms with Crippen LogP contribution in [0.3, 0.4) is 0 Å². The second kappa shape index (κ2) is 7.57. The highest BCUT2D eigenvalue weighted by Crippen LogP contribution is 2.40. The molecule has 0 aliphatic carbocycles. The molecule has 0 amide bonds. The molecule has 3 heterocycles. The maximum Gasteiger partial charge on any atom is 0.170 e. The normalized spacial score (nSPS) is 19.3. The summed E-state index contributed by atoms with van der Waals surface area (Å²) in [5.74, 6) is 0. The molecule has 0 radical (unpaired) electrons. The summed E-state index contributed by atoms with van der Waals surface area (Å²) in [7, 11) is 0. The SMILES string of the molecule is Cc1cc(-n2cccc2[C@@H]2[C@H](c3ccccn3)NC(=S)N2C(C)C)ccc1Cl. The van der Waals surface area contributed by atoms with Crippen LogP contribution in [0.15, 0.2) is 60.9 Å². The molecule has 28 heavy (non-hydrogen) atoms. The molecule has 0 unspecified atom stereocenters. The summed E-state index contributed by atoms with van der Waals surface area (Å²) in [4.78, 5) is 6.87. The summed E-state index contributed by atoms with van der Waals surface area (Å²) >= 11 is 11.9. The van der Waals surface area contributed by atoms with Gasteiger partial charge in [0.15, 0.2) is 5.11 Å². The number of aryl methyl sites for hydroxylation is 1. The van der Waals surface area contributed by atoms with Crippen LogP contribution in [-0.2, 0) is 0 Å². The number of thiocarbonyl (C=S) groups is 1. The molecule has 4 rings (SSSR count). The number of hydrogen-bond donors (Lipinski definition) is 1. The summed E-state index contributed by atoms with van der Waals surface area (Å²) < 4.78 is 2.22. The van der Waals surface area contributed by atoms with E-state index in [9.17, 15) is 0 Å². The predicted octanol–water partition coefficient (Wildman–Crippen LogP) is 5.22. The molecule has 1 aliphatic rings. The van der Waals surface area contributed by atoms with Crippen molar-refractivity contribution in [3.05, 3.63) is 82.9 Å². The average Bonchev–Trinajstić information content (AvgIpc) is 3.28. The van der Waals surface area contributed by atoms with Gasteiger partial charge in [-0.25, -0.2) is 0 Å². The molecule has 0 spiro atoms. The molecule has 1 saturated heterocycles. The van der Waals surface area contributed by atoms with Gasteiger partial charge in [-0.3, -0.25) is 4.98 Å². The molecule has 2 aromatic heterocycles. The number of aromatic nitrogens is 2. The second-order valence-corrected chi connectivity index (χ2v) is 8.16. The summed E-state index contributed by atoms with van der Waals surface area (Å²) in [6, 6.07) is 16.6. The fraction of sp³-hybridized carbons (Fsp3) is 0.273. The zero-order valence-corrected chi connectivity index (χ0v) is 17.7. The van der Waals surface area contributed by atoms with E-state index >= 15 is 0 Å². The Morgan fingerprint density at radius 3 is 2.64 bits per heavy atom. The Morgan fingerprint density at radius 2 is 1.96 bits per heavy atom. The highest BCUT2D eigenvalue weighted by Gasteiger charge is 2.42. The first-order valence-corrected chi connectivity index (χ1v) is 10.2. The van der Waals surface area contributed by atoms with Crippen LogP contribution < -0.4 is 5.32 Å². The monoisotopic (exact) mass is 410 g/mol. The Morgan fingerprint density at radius 1 is 1.14 bits per heavy atom. The van der Waals surface area contributed by atoms with E-state index in [2.05, 4.69) is 70.1 Å². The zero-order chi connectivity index (χ0) is 19.8. The lowest BCUT2D eigenvalue weighted by Gasteiger charge is -2.31. The Labute approximate surface area is 176 Å². The van der Waals surface area contributed by atoms with Crippen LogP contribution in [0.1, 0.15) is 42.9 Å². The largest absolute Gasteiger partial charge is 0.352 e. The third kappa shape index (κ3) is 3.29. The molecule has 2 atom stereocenters. The minimum atomic E-state index is -0.0156. The van der Waals surface area contributed by atoms with Gasteiger partial charge in [-0.1, -0.05) is 17.7 Å². The van der Waals surface area contributed by atoms with E-state index in [-0.39, 0.29) is 18.1 Å². The van der Waals surface area contributed by atoms with Crippen molar-refractivity contribution in [2.45, 2.75) is 38.9 Å². The predicted molar refractivity (Wildman–Crippen MR) is 118 cm³/mol. The van der Waals surface area contributed by atoms with Crippen molar-refractivity contribution >= 4 is 28.9 Å². The number of hydrogen-bond acceptors (Lipinski definition) is 2. The Balaban J connectivity index is 1.84. The van der Waals surface area contributed by atoms with Crippen molar-refractivity contribution in [2.75, 3.05) is 0 Å². The first-order valence-electron chi connectivity index (χ1n) is 9.41. The molecule has 144 valence electrons. The number of benzene rings is 1. The van der Waals surface area contributed by atoms with Gasteiger partial charge in [-0.2, -0.15) is 0 Å². The number of nitrogens with zero attached hydrogens (tertiary/aromatic N) is 3.